The number of hydrogen-bond acceptors (Lipinski definition) is 3. The summed E-state index contributed by atoms with van der Waals surface area (Å²) in [5.74, 6) is -0.659. The van der Waals surface area contributed by atoms with Crippen LogP contribution in [-0.2, 0) is 10.0 Å². The molecule has 0 spiro atoms. The average molecular weight is 260 g/mol. The summed E-state index contributed by atoms with van der Waals surface area (Å²) in [5, 5.41) is 0. The van der Waals surface area contributed by atoms with Crippen molar-refractivity contribution in [2.24, 2.45) is 0 Å². The third-order valence-electron chi connectivity index (χ3n) is 2.23. The Hall–Kier alpha value is -2.14. The highest BCUT2D eigenvalue weighted by atomic mass is 32.2. The van der Waals surface area contributed by atoms with Crippen molar-refractivity contribution in [1.29, 1.82) is 0 Å². The van der Waals surface area contributed by atoms with Gasteiger partial charge in [0.2, 0.25) is 0 Å². The Labute approximate surface area is 105 Å². The molecule has 0 saturated heterocycles. The van der Waals surface area contributed by atoms with Gasteiger partial charge in [-0.05, 0) is 18.2 Å². The topological polar surface area (TPSA) is 63.2 Å². The van der Waals surface area contributed by atoms with Crippen molar-refractivity contribution in [3.05, 3.63) is 66.2 Å². The summed E-state index contributed by atoms with van der Waals surface area (Å²) in [6, 6.07) is 16.8. The van der Waals surface area contributed by atoms with Gasteiger partial charge in [0, 0.05) is 11.6 Å². The summed E-state index contributed by atoms with van der Waals surface area (Å²) in [4.78, 5) is 11.7. The maximum absolute atomic E-state index is 11.9. The number of amides is 1. The molecule has 2 aromatic rings. The maximum atomic E-state index is 11.9. The average Bonchev–Trinajstić information content (AvgIpc) is 2.40. The summed E-state index contributed by atoms with van der Waals surface area (Å²) in [6.07, 6.45) is 0. The van der Waals surface area contributed by atoms with Crippen LogP contribution in [0.4, 0.5) is 0 Å². The first-order valence-corrected chi connectivity index (χ1v) is 6.67. The molecule has 0 heterocycles. The van der Waals surface area contributed by atoms with Crippen molar-refractivity contribution < 1.29 is 13.2 Å². The van der Waals surface area contributed by atoms with Gasteiger partial charge in [0.15, 0.2) is 0 Å². The normalized spacial score (nSPS) is 10.9. The summed E-state index contributed by atoms with van der Waals surface area (Å²) in [6.45, 7) is 0. The Morgan fingerprint density at radius 3 is 2.28 bits per heavy atom. The minimum absolute atomic E-state index is 0.0609. The van der Waals surface area contributed by atoms with Crippen molar-refractivity contribution >= 4 is 15.9 Å². The van der Waals surface area contributed by atoms with Gasteiger partial charge in [-0.15, -0.1) is 0 Å². The van der Waals surface area contributed by atoms with Crippen LogP contribution in [0.3, 0.4) is 0 Å². The molecule has 1 N–H and O–H groups in total. The molecule has 91 valence electrons. The fraction of sp³-hybridized carbons (Fsp3) is 0. The van der Waals surface area contributed by atoms with E-state index in [0.717, 1.165) is 0 Å². The summed E-state index contributed by atoms with van der Waals surface area (Å²) < 4.78 is 25.7. The SMILES string of the molecule is O=C(NS(=O)(=O)c1[c]cccc1)c1ccccc1. The zero-order valence-corrected chi connectivity index (χ0v) is 10.1. The van der Waals surface area contributed by atoms with Gasteiger partial charge in [0.1, 0.15) is 0 Å². The number of carbonyl (C=O) groups excluding carboxylic acids is 1. The van der Waals surface area contributed by atoms with Gasteiger partial charge in [0.25, 0.3) is 15.9 Å². The van der Waals surface area contributed by atoms with Gasteiger partial charge in [-0.1, -0.05) is 36.4 Å². The highest BCUT2D eigenvalue weighted by Crippen LogP contribution is 2.07. The lowest BCUT2D eigenvalue weighted by atomic mass is 10.2. The van der Waals surface area contributed by atoms with Crippen LogP contribution in [0.1, 0.15) is 10.4 Å². The Morgan fingerprint density at radius 2 is 1.67 bits per heavy atom. The molecule has 0 aliphatic rings. The van der Waals surface area contributed by atoms with Crippen LogP contribution in [-0.4, -0.2) is 14.3 Å². The van der Waals surface area contributed by atoms with Crippen LogP contribution in [0.2, 0.25) is 0 Å². The zero-order valence-electron chi connectivity index (χ0n) is 9.33. The molecule has 0 unspecified atom stereocenters. The third-order valence-corrected chi connectivity index (χ3v) is 3.52. The van der Waals surface area contributed by atoms with E-state index < -0.39 is 15.9 Å². The van der Waals surface area contributed by atoms with Gasteiger partial charge in [0.05, 0.1) is 4.90 Å². The van der Waals surface area contributed by atoms with Crippen LogP contribution >= 0.6 is 0 Å². The van der Waals surface area contributed by atoms with Crippen LogP contribution in [0.5, 0.6) is 0 Å². The van der Waals surface area contributed by atoms with Crippen molar-refractivity contribution in [3.63, 3.8) is 0 Å². The van der Waals surface area contributed by atoms with E-state index in [9.17, 15) is 13.2 Å². The Balaban J connectivity index is 2.23. The van der Waals surface area contributed by atoms with E-state index in [1.165, 1.54) is 12.1 Å². The lowest BCUT2D eigenvalue weighted by Crippen LogP contribution is -2.30. The van der Waals surface area contributed by atoms with Gasteiger partial charge >= 0.3 is 0 Å². The molecule has 0 bridgehead atoms. The van der Waals surface area contributed by atoms with E-state index >= 15 is 0 Å². The molecule has 2 aromatic carbocycles. The van der Waals surface area contributed by atoms with Crippen LogP contribution in [0.25, 0.3) is 0 Å². The standard InChI is InChI=1S/C13H10NO3S/c15-13(11-7-3-1-4-8-11)14-18(16,17)12-9-5-2-6-10-12/h1-9H,(H,14,15). The number of rotatable bonds is 3. The van der Waals surface area contributed by atoms with E-state index in [-0.39, 0.29) is 10.5 Å². The van der Waals surface area contributed by atoms with E-state index in [1.54, 1.807) is 42.5 Å². The molecule has 2 rings (SSSR count). The summed E-state index contributed by atoms with van der Waals surface area (Å²) in [5.41, 5.74) is 0.289. The van der Waals surface area contributed by atoms with Crippen molar-refractivity contribution in [1.82, 2.24) is 4.72 Å². The van der Waals surface area contributed by atoms with Gasteiger partial charge in [-0.2, -0.15) is 0 Å². The lowest BCUT2D eigenvalue weighted by molar-refractivity contribution is 0.0981. The minimum Gasteiger partial charge on any atom is -0.268 e. The molecule has 0 aromatic heterocycles. The number of nitrogens with one attached hydrogen (secondary N) is 1. The zero-order chi connectivity index (χ0) is 13.0. The second-order valence-electron chi connectivity index (χ2n) is 3.53. The number of hydrogen-bond donors (Lipinski definition) is 1. The summed E-state index contributed by atoms with van der Waals surface area (Å²) in [7, 11) is -3.86. The lowest BCUT2D eigenvalue weighted by Gasteiger charge is -2.06. The molecular formula is C13H10NO3S. The Morgan fingerprint density at radius 1 is 1.00 bits per heavy atom. The van der Waals surface area contributed by atoms with Crippen LogP contribution in [0.15, 0.2) is 59.5 Å². The molecular weight excluding hydrogens is 250 g/mol. The van der Waals surface area contributed by atoms with Gasteiger partial charge in [-0.25, -0.2) is 13.1 Å². The van der Waals surface area contributed by atoms with E-state index in [4.69, 9.17) is 0 Å². The Kier molecular flexibility index (Phi) is 3.43. The van der Waals surface area contributed by atoms with E-state index in [0.29, 0.717) is 0 Å². The molecule has 0 aliphatic carbocycles. The molecule has 5 heteroatoms. The van der Waals surface area contributed by atoms with Crippen LogP contribution < -0.4 is 4.72 Å². The largest absolute Gasteiger partial charge is 0.268 e. The number of benzene rings is 2. The van der Waals surface area contributed by atoms with Crippen molar-refractivity contribution in [3.8, 4) is 0 Å². The molecule has 1 amide bonds. The highest BCUT2D eigenvalue weighted by molar-refractivity contribution is 7.90. The maximum Gasteiger partial charge on any atom is 0.264 e. The first-order chi connectivity index (χ1) is 8.59. The first-order valence-electron chi connectivity index (χ1n) is 5.18. The monoisotopic (exact) mass is 260 g/mol. The molecule has 0 saturated carbocycles. The predicted molar refractivity (Wildman–Crippen MR) is 66.4 cm³/mol. The molecule has 0 atom stereocenters. The second-order valence-corrected chi connectivity index (χ2v) is 5.18. The summed E-state index contributed by atoms with van der Waals surface area (Å²) >= 11 is 0. The second kappa shape index (κ2) is 5.01. The smallest absolute Gasteiger partial charge is 0.264 e. The number of carbonyl (C=O) groups is 1. The molecule has 0 aliphatic heterocycles. The predicted octanol–water partition coefficient (Wildman–Crippen LogP) is 1.61. The van der Waals surface area contributed by atoms with E-state index in [1.807, 2.05) is 4.72 Å². The number of sulfonamides is 1. The minimum atomic E-state index is -3.86. The van der Waals surface area contributed by atoms with Gasteiger partial charge in [-0.3, -0.25) is 4.79 Å². The van der Waals surface area contributed by atoms with Gasteiger partial charge < -0.3 is 0 Å². The molecule has 4 nitrogen and oxygen atoms in total. The molecule has 0 fully saturated rings. The van der Waals surface area contributed by atoms with Crippen LogP contribution in [0, 0.1) is 6.07 Å². The van der Waals surface area contributed by atoms with Crippen molar-refractivity contribution in [2.75, 3.05) is 0 Å². The fourth-order valence-electron chi connectivity index (χ4n) is 1.37. The Bertz CT molecular complexity index is 636. The highest BCUT2D eigenvalue weighted by Gasteiger charge is 2.17. The van der Waals surface area contributed by atoms with E-state index in [2.05, 4.69) is 6.07 Å². The first kappa shape index (κ1) is 12.3. The molecule has 1 radical (unpaired) electrons. The fourth-order valence-corrected chi connectivity index (χ4v) is 2.32. The third kappa shape index (κ3) is 2.75. The quantitative estimate of drug-likeness (QED) is 0.911. The molecule has 18 heavy (non-hydrogen) atoms. The van der Waals surface area contributed by atoms with Crippen molar-refractivity contribution in [2.45, 2.75) is 4.90 Å².